The molecule has 1 aromatic carbocycles. The fraction of sp³-hybridized carbons (Fsp3) is 0.581. The summed E-state index contributed by atoms with van der Waals surface area (Å²) >= 11 is 0. The maximum absolute atomic E-state index is 13.2. The van der Waals surface area contributed by atoms with Crippen molar-refractivity contribution in [1.82, 2.24) is 34.4 Å². The van der Waals surface area contributed by atoms with E-state index in [9.17, 15) is 4.79 Å². The Bertz CT molecular complexity index is 1530. The molecule has 1 amide bonds. The SMILES string of the molecule is CC(C)(O)O.CC(C)N(CC1CCC(n2cnc3c(N)ncnc32)O1)C(=O)CCCc1nc2ccc(C(C)(C)C)cc2[nH]1. The maximum Gasteiger partial charge on any atom is 0.222 e. The monoisotopic (exact) mass is 594 g/mol. The summed E-state index contributed by atoms with van der Waals surface area (Å²) in [6.45, 7) is 13.9. The molecule has 3 aromatic heterocycles. The van der Waals surface area contributed by atoms with Crippen LogP contribution in [0.2, 0.25) is 0 Å². The molecule has 4 heterocycles. The highest BCUT2D eigenvalue weighted by atomic mass is 16.5. The Morgan fingerprint density at radius 1 is 1.16 bits per heavy atom. The Kier molecular flexibility index (Phi) is 9.73. The number of aromatic nitrogens is 6. The molecule has 4 aromatic rings. The molecule has 1 fully saturated rings. The van der Waals surface area contributed by atoms with Crippen LogP contribution in [0.5, 0.6) is 0 Å². The second-order valence-electron chi connectivity index (χ2n) is 13.0. The van der Waals surface area contributed by atoms with Crippen molar-refractivity contribution in [2.75, 3.05) is 12.3 Å². The van der Waals surface area contributed by atoms with Crippen molar-refractivity contribution in [2.45, 2.75) is 110 Å². The lowest BCUT2D eigenvalue weighted by Crippen LogP contribution is -2.42. The predicted molar refractivity (Wildman–Crippen MR) is 166 cm³/mol. The highest BCUT2D eigenvalue weighted by molar-refractivity contribution is 5.81. The number of anilines is 1. The van der Waals surface area contributed by atoms with Gasteiger partial charge in [-0.1, -0.05) is 26.8 Å². The second kappa shape index (κ2) is 12.9. The van der Waals surface area contributed by atoms with E-state index in [1.165, 1.54) is 25.7 Å². The lowest BCUT2D eigenvalue weighted by Gasteiger charge is -2.29. The standard InChI is InChI=1S/C28H38N8O2.C3H8O2/c1-17(2)35(14-19-10-12-24(38-19)36-16-32-25-26(29)30-15-31-27(25)36)23(37)8-6-7-22-33-20-11-9-18(28(3,4)5)13-21(20)34-22;1-3(2,4)5/h9,11,13,15-17,19,24H,6-8,10,12,14H2,1-5H3,(H,33,34)(H2,29,30,31);4-5H,1-2H3. The first-order chi connectivity index (χ1) is 20.1. The van der Waals surface area contributed by atoms with Gasteiger partial charge in [-0.05, 0) is 70.1 Å². The molecule has 0 radical (unpaired) electrons. The van der Waals surface area contributed by atoms with Crippen LogP contribution in [0.3, 0.4) is 0 Å². The Morgan fingerprint density at radius 3 is 2.56 bits per heavy atom. The molecule has 12 nitrogen and oxygen atoms in total. The Hall–Kier alpha value is -3.61. The molecular weight excluding hydrogens is 548 g/mol. The van der Waals surface area contributed by atoms with Gasteiger partial charge in [0.25, 0.3) is 0 Å². The number of carbonyl (C=O) groups excluding carboxylic acids is 1. The minimum atomic E-state index is -1.50. The summed E-state index contributed by atoms with van der Waals surface area (Å²) in [5, 5.41) is 16.2. The normalized spacial score (nSPS) is 17.4. The van der Waals surface area contributed by atoms with Crippen LogP contribution in [0.1, 0.15) is 91.8 Å². The van der Waals surface area contributed by atoms with Crippen LogP contribution in [0.4, 0.5) is 5.82 Å². The number of hydrogen-bond acceptors (Lipinski definition) is 9. The summed E-state index contributed by atoms with van der Waals surface area (Å²) < 4.78 is 8.25. The lowest BCUT2D eigenvalue weighted by atomic mass is 9.87. The van der Waals surface area contributed by atoms with Crippen LogP contribution in [0.25, 0.3) is 22.2 Å². The molecule has 1 aliphatic heterocycles. The lowest BCUT2D eigenvalue weighted by molar-refractivity contribution is -0.135. The number of fused-ring (bicyclic) bond motifs is 2. The number of H-pyrrole nitrogens is 1. The number of hydrogen-bond donors (Lipinski definition) is 4. The minimum absolute atomic E-state index is 0.0460. The first-order valence-electron chi connectivity index (χ1n) is 14.9. The Labute approximate surface area is 252 Å². The number of aryl methyl sites for hydroxylation is 1. The summed E-state index contributed by atoms with van der Waals surface area (Å²) in [6.07, 6.45) is 6.54. The van der Waals surface area contributed by atoms with Gasteiger partial charge in [0.1, 0.15) is 23.9 Å². The number of nitrogens with one attached hydrogen (secondary N) is 1. The highest BCUT2D eigenvalue weighted by Crippen LogP contribution is 2.32. The molecule has 2 unspecified atom stereocenters. The molecule has 2 atom stereocenters. The van der Waals surface area contributed by atoms with E-state index >= 15 is 0 Å². The van der Waals surface area contributed by atoms with Gasteiger partial charge in [0.2, 0.25) is 5.91 Å². The van der Waals surface area contributed by atoms with Gasteiger partial charge in [0.05, 0.1) is 23.5 Å². The van der Waals surface area contributed by atoms with Crippen molar-refractivity contribution >= 4 is 33.9 Å². The van der Waals surface area contributed by atoms with E-state index in [2.05, 4.69) is 72.8 Å². The molecule has 0 saturated carbocycles. The number of carbonyl (C=O) groups is 1. The first kappa shape index (κ1) is 32.3. The largest absolute Gasteiger partial charge is 0.382 e. The van der Waals surface area contributed by atoms with Crippen LogP contribution >= 0.6 is 0 Å². The fourth-order valence-electron chi connectivity index (χ4n) is 5.12. The topological polar surface area (TPSA) is 168 Å². The van der Waals surface area contributed by atoms with Gasteiger partial charge in [0.15, 0.2) is 17.3 Å². The van der Waals surface area contributed by atoms with E-state index < -0.39 is 5.79 Å². The van der Waals surface area contributed by atoms with Crippen molar-refractivity contribution in [2.24, 2.45) is 0 Å². The van der Waals surface area contributed by atoms with E-state index in [1.807, 2.05) is 9.47 Å². The zero-order chi connectivity index (χ0) is 31.5. The number of amides is 1. The summed E-state index contributed by atoms with van der Waals surface area (Å²) in [5.41, 5.74) is 10.6. The van der Waals surface area contributed by atoms with Crippen LogP contribution in [0, 0.1) is 0 Å². The minimum Gasteiger partial charge on any atom is -0.382 e. The average Bonchev–Trinajstić information content (AvgIpc) is 3.63. The molecule has 0 aliphatic carbocycles. The fourth-order valence-corrected chi connectivity index (χ4v) is 5.12. The van der Waals surface area contributed by atoms with E-state index in [1.54, 1.807) is 6.33 Å². The molecule has 0 spiro atoms. The zero-order valence-electron chi connectivity index (χ0n) is 26.3. The first-order valence-corrected chi connectivity index (χ1v) is 14.9. The van der Waals surface area contributed by atoms with Gasteiger partial charge in [-0.2, -0.15) is 0 Å². The third-order valence-electron chi connectivity index (χ3n) is 7.33. The average molecular weight is 595 g/mol. The molecule has 0 bridgehead atoms. The number of nitrogens with two attached hydrogens (primary N) is 1. The zero-order valence-corrected chi connectivity index (χ0v) is 26.3. The number of nitrogen functional groups attached to an aromatic ring is 1. The van der Waals surface area contributed by atoms with Crippen molar-refractivity contribution < 1.29 is 19.7 Å². The highest BCUT2D eigenvalue weighted by Gasteiger charge is 2.31. The summed E-state index contributed by atoms with van der Waals surface area (Å²) in [4.78, 5) is 36.0. The van der Waals surface area contributed by atoms with Crippen molar-refractivity contribution in [3.63, 3.8) is 0 Å². The molecule has 234 valence electrons. The van der Waals surface area contributed by atoms with Crippen LogP contribution in [-0.4, -0.2) is 75.0 Å². The Balaban J connectivity index is 0.000000782. The van der Waals surface area contributed by atoms with Gasteiger partial charge in [-0.25, -0.2) is 19.9 Å². The van der Waals surface area contributed by atoms with Crippen molar-refractivity contribution in [3.05, 3.63) is 42.2 Å². The van der Waals surface area contributed by atoms with Gasteiger partial charge < -0.3 is 30.6 Å². The number of nitrogens with zero attached hydrogens (tertiary/aromatic N) is 6. The van der Waals surface area contributed by atoms with Crippen LogP contribution in [0.15, 0.2) is 30.9 Å². The third kappa shape index (κ3) is 8.49. The van der Waals surface area contributed by atoms with Gasteiger partial charge in [-0.15, -0.1) is 0 Å². The summed E-state index contributed by atoms with van der Waals surface area (Å²) in [6, 6.07) is 6.49. The Morgan fingerprint density at radius 2 is 1.88 bits per heavy atom. The van der Waals surface area contributed by atoms with E-state index in [-0.39, 0.29) is 29.7 Å². The van der Waals surface area contributed by atoms with Crippen molar-refractivity contribution in [3.8, 4) is 0 Å². The molecule has 5 N–H and O–H groups in total. The number of ether oxygens (including phenoxy) is 1. The molecular formula is C31H46N8O4. The number of rotatable bonds is 8. The van der Waals surface area contributed by atoms with Gasteiger partial charge in [0, 0.05) is 25.4 Å². The molecule has 1 saturated heterocycles. The number of aromatic amines is 1. The number of benzene rings is 1. The predicted octanol–water partition coefficient (Wildman–Crippen LogP) is 4.23. The quantitative estimate of drug-likeness (QED) is 0.218. The third-order valence-corrected chi connectivity index (χ3v) is 7.33. The number of aliphatic hydroxyl groups is 2. The number of imidazole rings is 2. The van der Waals surface area contributed by atoms with Crippen molar-refractivity contribution in [1.29, 1.82) is 0 Å². The summed E-state index contributed by atoms with van der Waals surface area (Å²) in [5.74, 6) is -0.0714. The molecule has 1 aliphatic rings. The van der Waals surface area contributed by atoms with Crippen LogP contribution in [-0.2, 0) is 21.4 Å². The van der Waals surface area contributed by atoms with Crippen LogP contribution < -0.4 is 5.73 Å². The van der Waals surface area contributed by atoms with E-state index in [0.29, 0.717) is 29.9 Å². The second-order valence-corrected chi connectivity index (χ2v) is 13.0. The van der Waals surface area contributed by atoms with Gasteiger partial charge >= 0.3 is 0 Å². The molecule has 5 rings (SSSR count). The maximum atomic E-state index is 13.2. The smallest absolute Gasteiger partial charge is 0.222 e. The van der Waals surface area contributed by atoms with E-state index in [4.69, 9.17) is 25.7 Å². The molecule has 12 heteroatoms. The summed E-state index contributed by atoms with van der Waals surface area (Å²) in [7, 11) is 0. The van der Waals surface area contributed by atoms with E-state index in [0.717, 1.165) is 42.5 Å². The van der Waals surface area contributed by atoms with Gasteiger partial charge in [-0.3, -0.25) is 9.36 Å². The molecule has 43 heavy (non-hydrogen) atoms.